The standard InChI is InChI=1S/C20H16N4O2/c25-19-9-5-4-8-16(19)18-12-15(21-23-18)10-14-11-17(22-24-20(14)26)13-6-2-1-3-7-13/h1-10,12,25H,11H2,(H,21,23)(H,24,26). The van der Waals surface area contributed by atoms with Crippen LogP contribution < -0.4 is 5.43 Å². The molecule has 0 bridgehead atoms. The number of hydrogen-bond acceptors (Lipinski definition) is 4. The topological polar surface area (TPSA) is 90.4 Å². The molecule has 0 saturated heterocycles. The Morgan fingerprint density at radius 2 is 1.81 bits per heavy atom. The number of aromatic nitrogens is 2. The number of carbonyl (C=O) groups excluding carboxylic acids is 1. The molecule has 0 saturated carbocycles. The fourth-order valence-corrected chi connectivity index (χ4v) is 2.83. The lowest BCUT2D eigenvalue weighted by Crippen LogP contribution is -2.28. The molecule has 6 nitrogen and oxygen atoms in total. The Labute approximate surface area is 149 Å². The molecule has 1 aliphatic heterocycles. The van der Waals surface area contributed by atoms with Gasteiger partial charge in [-0.15, -0.1) is 0 Å². The van der Waals surface area contributed by atoms with Crippen LogP contribution in [-0.4, -0.2) is 26.9 Å². The summed E-state index contributed by atoms with van der Waals surface area (Å²) < 4.78 is 0. The highest BCUT2D eigenvalue weighted by molar-refractivity contribution is 6.12. The molecule has 2 heterocycles. The highest BCUT2D eigenvalue weighted by atomic mass is 16.3. The van der Waals surface area contributed by atoms with E-state index in [0.717, 1.165) is 11.3 Å². The van der Waals surface area contributed by atoms with E-state index in [1.165, 1.54) is 0 Å². The molecule has 1 aromatic heterocycles. The number of aromatic amines is 1. The minimum atomic E-state index is -0.233. The summed E-state index contributed by atoms with van der Waals surface area (Å²) in [5.41, 5.74) is 6.85. The summed E-state index contributed by atoms with van der Waals surface area (Å²) in [5.74, 6) is -0.0736. The normalized spacial score (nSPS) is 15.6. The third-order valence-electron chi connectivity index (χ3n) is 4.16. The number of H-pyrrole nitrogens is 1. The molecule has 6 heteroatoms. The second-order valence-electron chi connectivity index (χ2n) is 5.94. The van der Waals surface area contributed by atoms with Gasteiger partial charge in [-0.2, -0.15) is 10.2 Å². The summed E-state index contributed by atoms with van der Waals surface area (Å²) in [5, 5.41) is 21.2. The number of nitrogens with one attached hydrogen (secondary N) is 2. The lowest BCUT2D eigenvalue weighted by Gasteiger charge is -2.15. The average molecular weight is 344 g/mol. The fourth-order valence-electron chi connectivity index (χ4n) is 2.83. The first-order valence-electron chi connectivity index (χ1n) is 8.17. The van der Waals surface area contributed by atoms with E-state index in [0.29, 0.717) is 28.9 Å². The van der Waals surface area contributed by atoms with Crippen molar-refractivity contribution >= 4 is 17.7 Å². The molecular weight excluding hydrogens is 328 g/mol. The van der Waals surface area contributed by atoms with Gasteiger partial charge in [-0.25, -0.2) is 5.43 Å². The number of benzene rings is 2. The van der Waals surface area contributed by atoms with Crippen molar-refractivity contribution in [2.75, 3.05) is 0 Å². The molecule has 0 spiro atoms. The van der Waals surface area contributed by atoms with Gasteiger partial charge in [-0.1, -0.05) is 42.5 Å². The minimum absolute atomic E-state index is 0.159. The SMILES string of the molecule is O=C1NN=C(c2ccccc2)CC1=Cc1cc(-c2ccccc2O)n[nH]1. The van der Waals surface area contributed by atoms with E-state index in [2.05, 4.69) is 20.7 Å². The van der Waals surface area contributed by atoms with Gasteiger partial charge in [0, 0.05) is 17.6 Å². The lowest BCUT2D eigenvalue weighted by molar-refractivity contribution is -0.117. The first-order valence-corrected chi connectivity index (χ1v) is 8.17. The number of amides is 1. The van der Waals surface area contributed by atoms with Gasteiger partial charge in [-0.3, -0.25) is 9.89 Å². The van der Waals surface area contributed by atoms with Crippen LogP contribution in [0, 0.1) is 0 Å². The number of phenols is 1. The van der Waals surface area contributed by atoms with Crippen LogP contribution in [0.5, 0.6) is 5.75 Å². The van der Waals surface area contributed by atoms with Crippen molar-refractivity contribution in [1.29, 1.82) is 0 Å². The summed E-state index contributed by atoms with van der Waals surface area (Å²) in [6.07, 6.45) is 2.18. The molecule has 0 radical (unpaired) electrons. The lowest BCUT2D eigenvalue weighted by atomic mass is 9.99. The van der Waals surface area contributed by atoms with E-state index in [4.69, 9.17) is 0 Å². The number of aromatic hydroxyl groups is 1. The van der Waals surface area contributed by atoms with Crippen LogP contribution in [0.1, 0.15) is 17.7 Å². The van der Waals surface area contributed by atoms with Crippen LogP contribution in [0.3, 0.4) is 0 Å². The molecule has 2 aromatic carbocycles. The van der Waals surface area contributed by atoms with E-state index in [1.807, 2.05) is 36.4 Å². The Morgan fingerprint density at radius 1 is 1.04 bits per heavy atom. The number of nitrogens with zero attached hydrogens (tertiary/aromatic N) is 2. The quantitative estimate of drug-likeness (QED) is 0.638. The molecule has 0 unspecified atom stereocenters. The number of hydrogen-bond donors (Lipinski definition) is 3. The Bertz CT molecular complexity index is 1020. The highest BCUT2D eigenvalue weighted by Gasteiger charge is 2.19. The Kier molecular flexibility index (Phi) is 4.07. The summed E-state index contributed by atoms with van der Waals surface area (Å²) in [6.45, 7) is 0. The van der Waals surface area contributed by atoms with Crippen molar-refractivity contribution in [2.24, 2.45) is 5.10 Å². The predicted molar refractivity (Wildman–Crippen MR) is 99.4 cm³/mol. The predicted octanol–water partition coefficient (Wildman–Crippen LogP) is 3.09. The summed E-state index contributed by atoms with van der Waals surface area (Å²) >= 11 is 0. The molecule has 4 rings (SSSR count). The maximum absolute atomic E-state index is 12.1. The number of carbonyl (C=O) groups is 1. The maximum Gasteiger partial charge on any atom is 0.267 e. The Balaban J connectivity index is 1.61. The van der Waals surface area contributed by atoms with Crippen molar-refractivity contribution in [3.63, 3.8) is 0 Å². The zero-order chi connectivity index (χ0) is 17.9. The maximum atomic E-state index is 12.1. The van der Waals surface area contributed by atoms with E-state index >= 15 is 0 Å². The molecule has 3 N–H and O–H groups in total. The van der Waals surface area contributed by atoms with Gasteiger partial charge in [0.05, 0.1) is 17.1 Å². The van der Waals surface area contributed by atoms with Crippen LogP contribution >= 0.6 is 0 Å². The Morgan fingerprint density at radius 3 is 2.62 bits per heavy atom. The first kappa shape index (κ1) is 15.8. The van der Waals surface area contributed by atoms with E-state index in [9.17, 15) is 9.90 Å². The molecule has 1 aliphatic rings. The largest absolute Gasteiger partial charge is 0.507 e. The zero-order valence-corrected chi connectivity index (χ0v) is 13.8. The molecule has 26 heavy (non-hydrogen) atoms. The number of phenolic OH excluding ortho intramolecular Hbond substituents is 1. The molecule has 0 fully saturated rings. The summed E-state index contributed by atoms with van der Waals surface area (Å²) in [4.78, 5) is 12.1. The van der Waals surface area contributed by atoms with Gasteiger partial charge in [-0.05, 0) is 29.8 Å². The number of hydrazone groups is 1. The van der Waals surface area contributed by atoms with Crippen molar-refractivity contribution < 1.29 is 9.90 Å². The van der Waals surface area contributed by atoms with Crippen LogP contribution in [0.25, 0.3) is 17.3 Å². The summed E-state index contributed by atoms with van der Waals surface area (Å²) in [7, 11) is 0. The third-order valence-corrected chi connectivity index (χ3v) is 4.16. The number of rotatable bonds is 3. The van der Waals surface area contributed by atoms with Gasteiger partial charge < -0.3 is 5.11 Å². The van der Waals surface area contributed by atoms with Crippen LogP contribution in [0.4, 0.5) is 0 Å². The van der Waals surface area contributed by atoms with Crippen molar-refractivity contribution in [3.8, 4) is 17.0 Å². The van der Waals surface area contributed by atoms with Gasteiger partial charge >= 0.3 is 0 Å². The third kappa shape index (κ3) is 3.12. The average Bonchev–Trinajstić information content (AvgIpc) is 3.13. The molecule has 0 atom stereocenters. The van der Waals surface area contributed by atoms with E-state index in [1.54, 1.807) is 30.3 Å². The summed E-state index contributed by atoms with van der Waals surface area (Å²) in [6, 6.07) is 18.5. The van der Waals surface area contributed by atoms with E-state index < -0.39 is 0 Å². The molecule has 1 amide bonds. The van der Waals surface area contributed by atoms with E-state index in [-0.39, 0.29) is 11.7 Å². The second-order valence-corrected chi connectivity index (χ2v) is 5.94. The van der Waals surface area contributed by atoms with Gasteiger partial charge in [0.15, 0.2) is 0 Å². The smallest absolute Gasteiger partial charge is 0.267 e. The van der Waals surface area contributed by atoms with Crippen molar-refractivity contribution in [3.05, 3.63) is 77.5 Å². The van der Waals surface area contributed by atoms with Crippen LogP contribution in [0.2, 0.25) is 0 Å². The van der Waals surface area contributed by atoms with Gasteiger partial charge in [0.1, 0.15) is 5.75 Å². The van der Waals surface area contributed by atoms with Gasteiger partial charge in [0.2, 0.25) is 0 Å². The van der Waals surface area contributed by atoms with Gasteiger partial charge in [0.25, 0.3) is 5.91 Å². The second kappa shape index (κ2) is 6.68. The highest BCUT2D eigenvalue weighted by Crippen LogP contribution is 2.28. The van der Waals surface area contributed by atoms with Crippen LogP contribution in [0.15, 0.2) is 71.3 Å². The minimum Gasteiger partial charge on any atom is -0.507 e. The van der Waals surface area contributed by atoms with Crippen LogP contribution in [-0.2, 0) is 4.79 Å². The molecule has 128 valence electrons. The zero-order valence-electron chi connectivity index (χ0n) is 13.8. The molecule has 0 aliphatic carbocycles. The fraction of sp³-hybridized carbons (Fsp3) is 0.0500. The van der Waals surface area contributed by atoms with Crippen molar-refractivity contribution in [2.45, 2.75) is 6.42 Å². The first-order chi connectivity index (χ1) is 12.7. The Hall–Kier alpha value is -3.67. The van der Waals surface area contributed by atoms with Crippen molar-refractivity contribution in [1.82, 2.24) is 15.6 Å². The monoisotopic (exact) mass is 344 g/mol. The molecular formula is C20H16N4O2. The number of para-hydroxylation sites is 1. The molecule has 3 aromatic rings.